The highest BCUT2D eigenvalue weighted by Gasteiger charge is 2.09. The maximum absolute atomic E-state index is 11.4. The van der Waals surface area contributed by atoms with Gasteiger partial charge in [0.05, 0.1) is 5.69 Å². The number of benzene rings is 1. The summed E-state index contributed by atoms with van der Waals surface area (Å²) in [5.74, 6) is 1.15. The van der Waals surface area contributed by atoms with E-state index in [2.05, 4.69) is 10.3 Å². The summed E-state index contributed by atoms with van der Waals surface area (Å²) < 4.78 is 10.3. The standard InChI is InChI=1S/C14H16N2O3/c1-9-10(2)19-14(15-9)11-5-4-6-12(7-11)16-13(17)8-18-3/h4-7H,8H2,1-3H3,(H,16,17). The highest BCUT2D eigenvalue weighted by Crippen LogP contribution is 2.23. The molecule has 1 aromatic heterocycles. The monoisotopic (exact) mass is 260 g/mol. The van der Waals surface area contributed by atoms with Crippen molar-refractivity contribution in [1.29, 1.82) is 0 Å². The fourth-order valence-electron chi connectivity index (χ4n) is 1.65. The zero-order valence-electron chi connectivity index (χ0n) is 11.2. The minimum Gasteiger partial charge on any atom is -0.441 e. The van der Waals surface area contributed by atoms with E-state index in [0.29, 0.717) is 11.6 Å². The molecule has 1 aromatic carbocycles. The molecule has 0 atom stereocenters. The van der Waals surface area contributed by atoms with Crippen LogP contribution in [0.4, 0.5) is 5.69 Å². The van der Waals surface area contributed by atoms with Gasteiger partial charge in [-0.3, -0.25) is 4.79 Å². The Morgan fingerprint density at radius 1 is 1.42 bits per heavy atom. The normalized spacial score (nSPS) is 10.5. The molecule has 0 aliphatic heterocycles. The van der Waals surface area contributed by atoms with E-state index in [0.717, 1.165) is 17.0 Å². The van der Waals surface area contributed by atoms with Gasteiger partial charge >= 0.3 is 0 Å². The van der Waals surface area contributed by atoms with Crippen molar-refractivity contribution in [1.82, 2.24) is 4.98 Å². The molecule has 2 aromatic rings. The SMILES string of the molecule is COCC(=O)Nc1cccc(-c2nc(C)c(C)o2)c1. The summed E-state index contributed by atoms with van der Waals surface area (Å²) in [6.07, 6.45) is 0. The first-order valence-corrected chi connectivity index (χ1v) is 5.93. The third kappa shape index (κ3) is 3.20. The highest BCUT2D eigenvalue weighted by atomic mass is 16.5. The van der Waals surface area contributed by atoms with Crippen LogP contribution in [-0.4, -0.2) is 24.6 Å². The Morgan fingerprint density at radius 3 is 2.84 bits per heavy atom. The zero-order chi connectivity index (χ0) is 13.8. The van der Waals surface area contributed by atoms with Gasteiger partial charge in [-0.2, -0.15) is 0 Å². The van der Waals surface area contributed by atoms with E-state index in [9.17, 15) is 4.79 Å². The molecule has 0 unspecified atom stereocenters. The van der Waals surface area contributed by atoms with Gasteiger partial charge in [-0.15, -0.1) is 0 Å². The molecule has 0 aliphatic carbocycles. The number of aryl methyl sites for hydroxylation is 2. The molecule has 19 heavy (non-hydrogen) atoms. The third-order valence-corrected chi connectivity index (χ3v) is 2.70. The average Bonchev–Trinajstić information content (AvgIpc) is 2.70. The molecule has 1 heterocycles. The minimum atomic E-state index is -0.195. The van der Waals surface area contributed by atoms with E-state index >= 15 is 0 Å². The molecule has 0 saturated heterocycles. The summed E-state index contributed by atoms with van der Waals surface area (Å²) in [7, 11) is 1.48. The van der Waals surface area contributed by atoms with E-state index in [1.54, 1.807) is 6.07 Å². The highest BCUT2D eigenvalue weighted by molar-refractivity contribution is 5.92. The van der Waals surface area contributed by atoms with Crippen molar-refractivity contribution in [2.45, 2.75) is 13.8 Å². The lowest BCUT2D eigenvalue weighted by Gasteiger charge is -2.05. The number of amides is 1. The molecule has 0 bridgehead atoms. The average molecular weight is 260 g/mol. The van der Waals surface area contributed by atoms with Crippen LogP contribution in [0.15, 0.2) is 28.7 Å². The van der Waals surface area contributed by atoms with Crippen LogP contribution in [0.25, 0.3) is 11.5 Å². The molecule has 0 radical (unpaired) electrons. The van der Waals surface area contributed by atoms with E-state index in [-0.39, 0.29) is 12.5 Å². The zero-order valence-corrected chi connectivity index (χ0v) is 11.2. The van der Waals surface area contributed by atoms with Gasteiger partial charge in [-0.1, -0.05) is 6.07 Å². The Balaban J connectivity index is 2.21. The van der Waals surface area contributed by atoms with Gasteiger partial charge in [0, 0.05) is 18.4 Å². The van der Waals surface area contributed by atoms with Gasteiger partial charge in [-0.25, -0.2) is 4.98 Å². The smallest absolute Gasteiger partial charge is 0.250 e. The summed E-state index contributed by atoms with van der Waals surface area (Å²) >= 11 is 0. The van der Waals surface area contributed by atoms with Crippen molar-refractivity contribution in [2.24, 2.45) is 0 Å². The minimum absolute atomic E-state index is 0.0292. The lowest BCUT2D eigenvalue weighted by atomic mass is 10.2. The first kappa shape index (κ1) is 13.3. The van der Waals surface area contributed by atoms with Crippen LogP contribution in [0, 0.1) is 13.8 Å². The molecule has 0 saturated carbocycles. The Kier molecular flexibility index (Phi) is 3.97. The number of oxazole rings is 1. The van der Waals surface area contributed by atoms with Crippen molar-refractivity contribution in [3.05, 3.63) is 35.7 Å². The summed E-state index contributed by atoms with van der Waals surface area (Å²) in [5.41, 5.74) is 2.38. The van der Waals surface area contributed by atoms with Gasteiger partial charge in [0.15, 0.2) is 0 Å². The molecule has 5 nitrogen and oxygen atoms in total. The van der Waals surface area contributed by atoms with Crippen molar-refractivity contribution in [2.75, 3.05) is 19.0 Å². The van der Waals surface area contributed by atoms with Gasteiger partial charge < -0.3 is 14.5 Å². The van der Waals surface area contributed by atoms with Crippen LogP contribution < -0.4 is 5.32 Å². The fraction of sp³-hybridized carbons (Fsp3) is 0.286. The second kappa shape index (κ2) is 5.67. The van der Waals surface area contributed by atoms with Crippen LogP contribution in [-0.2, 0) is 9.53 Å². The number of rotatable bonds is 4. The number of methoxy groups -OCH3 is 1. The number of carbonyl (C=O) groups is 1. The molecule has 0 aliphatic rings. The molecular weight excluding hydrogens is 244 g/mol. The van der Waals surface area contributed by atoms with E-state index in [1.807, 2.05) is 32.0 Å². The number of anilines is 1. The number of hydrogen-bond donors (Lipinski definition) is 1. The molecule has 1 N–H and O–H groups in total. The van der Waals surface area contributed by atoms with Crippen LogP contribution in [0.5, 0.6) is 0 Å². The number of nitrogens with zero attached hydrogens (tertiary/aromatic N) is 1. The first-order valence-electron chi connectivity index (χ1n) is 5.93. The predicted molar refractivity (Wildman–Crippen MR) is 71.9 cm³/mol. The topological polar surface area (TPSA) is 64.4 Å². The van der Waals surface area contributed by atoms with Gasteiger partial charge in [0.1, 0.15) is 12.4 Å². The van der Waals surface area contributed by atoms with Gasteiger partial charge in [-0.05, 0) is 32.0 Å². The molecule has 2 rings (SSSR count). The molecular formula is C14H16N2O3. The Labute approximate surface area is 111 Å². The first-order chi connectivity index (χ1) is 9.10. The number of ether oxygens (including phenoxy) is 1. The van der Waals surface area contributed by atoms with Crippen molar-refractivity contribution in [3.8, 4) is 11.5 Å². The van der Waals surface area contributed by atoms with Gasteiger partial charge in [0.2, 0.25) is 11.8 Å². The van der Waals surface area contributed by atoms with Crippen LogP contribution in [0.2, 0.25) is 0 Å². The van der Waals surface area contributed by atoms with Crippen molar-refractivity contribution in [3.63, 3.8) is 0 Å². The summed E-state index contributed by atoms with van der Waals surface area (Å²) in [6, 6.07) is 7.35. The quantitative estimate of drug-likeness (QED) is 0.917. The maximum atomic E-state index is 11.4. The summed E-state index contributed by atoms with van der Waals surface area (Å²) in [6.45, 7) is 3.80. The third-order valence-electron chi connectivity index (χ3n) is 2.70. The van der Waals surface area contributed by atoms with Crippen LogP contribution in [0.1, 0.15) is 11.5 Å². The molecule has 1 amide bonds. The lowest BCUT2D eigenvalue weighted by Crippen LogP contribution is -2.16. The molecule has 5 heteroatoms. The Hall–Kier alpha value is -2.14. The van der Waals surface area contributed by atoms with Crippen LogP contribution in [0.3, 0.4) is 0 Å². The van der Waals surface area contributed by atoms with E-state index < -0.39 is 0 Å². The number of carbonyl (C=O) groups excluding carboxylic acids is 1. The Morgan fingerprint density at radius 2 is 2.21 bits per heavy atom. The largest absolute Gasteiger partial charge is 0.441 e. The Bertz CT molecular complexity index is 571. The lowest BCUT2D eigenvalue weighted by molar-refractivity contribution is -0.119. The van der Waals surface area contributed by atoms with Crippen LogP contribution >= 0.6 is 0 Å². The fourth-order valence-corrected chi connectivity index (χ4v) is 1.65. The second-order valence-electron chi connectivity index (χ2n) is 4.22. The summed E-state index contributed by atoms with van der Waals surface area (Å²) in [5, 5.41) is 2.74. The van der Waals surface area contributed by atoms with E-state index in [1.165, 1.54) is 7.11 Å². The summed E-state index contributed by atoms with van der Waals surface area (Å²) in [4.78, 5) is 15.8. The van der Waals surface area contributed by atoms with Crippen molar-refractivity contribution >= 4 is 11.6 Å². The molecule has 0 fully saturated rings. The predicted octanol–water partition coefficient (Wildman–Crippen LogP) is 2.54. The molecule has 100 valence electrons. The number of hydrogen-bond acceptors (Lipinski definition) is 4. The number of nitrogens with one attached hydrogen (secondary N) is 1. The van der Waals surface area contributed by atoms with Gasteiger partial charge in [0.25, 0.3) is 0 Å². The maximum Gasteiger partial charge on any atom is 0.250 e. The number of aromatic nitrogens is 1. The van der Waals surface area contributed by atoms with Crippen molar-refractivity contribution < 1.29 is 13.9 Å². The van der Waals surface area contributed by atoms with E-state index in [4.69, 9.17) is 9.15 Å². The second-order valence-corrected chi connectivity index (χ2v) is 4.22. The molecule has 0 spiro atoms.